The van der Waals surface area contributed by atoms with Crippen LogP contribution < -0.4 is 5.32 Å². The minimum atomic E-state index is -1.09. The van der Waals surface area contributed by atoms with E-state index in [1.165, 1.54) is 6.07 Å². The van der Waals surface area contributed by atoms with Crippen LogP contribution in [0, 0.1) is 0 Å². The predicted molar refractivity (Wildman–Crippen MR) is 134 cm³/mol. The van der Waals surface area contributed by atoms with Crippen LogP contribution in [0.5, 0.6) is 0 Å². The van der Waals surface area contributed by atoms with Crippen molar-refractivity contribution in [1.29, 1.82) is 0 Å². The molecule has 0 radical (unpaired) electrons. The number of carboxylic acid groups (broad SMARTS) is 1. The number of fused-ring (bicyclic) bond motifs is 1. The summed E-state index contributed by atoms with van der Waals surface area (Å²) in [6, 6.07) is 31.7. The Kier molecular flexibility index (Phi) is 6.01. The number of furan rings is 1. The number of carboxylic acids is 1. The van der Waals surface area contributed by atoms with E-state index >= 15 is 0 Å². The molecule has 0 aliphatic heterocycles. The first-order valence-corrected chi connectivity index (χ1v) is 11.0. The second-order valence-electron chi connectivity index (χ2n) is 7.96. The Hall–Kier alpha value is -4.84. The second kappa shape index (κ2) is 9.57. The fraction of sp³-hybridized carbons (Fsp3) is 0.0345. The molecule has 0 aliphatic rings. The third-order valence-electron chi connectivity index (χ3n) is 5.60. The van der Waals surface area contributed by atoms with Gasteiger partial charge in [0, 0.05) is 11.1 Å². The van der Waals surface area contributed by atoms with Gasteiger partial charge in [-0.25, -0.2) is 9.59 Å². The Balaban J connectivity index is 1.27. The van der Waals surface area contributed by atoms with Gasteiger partial charge in [-0.2, -0.15) is 0 Å². The molecule has 0 atom stereocenters. The van der Waals surface area contributed by atoms with Crippen LogP contribution in [-0.4, -0.2) is 17.2 Å². The van der Waals surface area contributed by atoms with Gasteiger partial charge < -0.3 is 14.3 Å². The molecule has 0 spiro atoms. The van der Waals surface area contributed by atoms with Crippen LogP contribution in [0.15, 0.2) is 108 Å². The number of carbonyl (C=O) groups excluding carboxylic acids is 1. The molecule has 0 saturated heterocycles. The van der Waals surface area contributed by atoms with Gasteiger partial charge in [0.2, 0.25) is 0 Å². The van der Waals surface area contributed by atoms with Gasteiger partial charge in [-0.3, -0.25) is 5.32 Å². The molecule has 0 unspecified atom stereocenters. The number of aromatic carboxylic acids is 1. The summed E-state index contributed by atoms with van der Waals surface area (Å²) in [6.45, 7) is -0.0604. The third-order valence-corrected chi connectivity index (χ3v) is 5.60. The molecule has 6 nitrogen and oxygen atoms in total. The van der Waals surface area contributed by atoms with Crippen molar-refractivity contribution >= 4 is 28.7 Å². The summed E-state index contributed by atoms with van der Waals surface area (Å²) in [5, 5.41) is 13.1. The standard InChI is InChI=1S/C29H21NO5/c31-28(32)26-17-23(12-13-25(26)20-9-5-2-6-10-20)30-29(33)34-18-24-16-22-15-21(11-14-27(22)35-24)19-7-3-1-4-8-19/h1-17H,18H2,(H,30,33)(H,31,32). The zero-order chi connectivity index (χ0) is 24.2. The molecule has 0 fully saturated rings. The highest BCUT2D eigenvalue weighted by Crippen LogP contribution is 2.28. The van der Waals surface area contributed by atoms with Crippen molar-refractivity contribution in [1.82, 2.24) is 0 Å². The van der Waals surface area contributed by atoms with Crippen molar-refractivity contribution in [2.45, 2.75) is 6.61 Å². The smallest absolute Gasteiger partial charge is 0.412 e. The van der Waals surface area contributed by atoms with E-state index in [2.05, 4.69) is 5.32 Å². The Morgan fingerprint density at radius 3 is 2.20 bits per heavy atom. The minimum Gasteiger partial charge on any atom is -0.478 e. The van der Waals surface area contributed by atoms with Crippen LogP contribution in [0.25, 0.3) is 33.2 Å². The first kappa shape index (κ1) is 22.0. The molecule has 1 amide bonds. The fourth-order valence-corrected chi connectivity index (χ4v) is 3.94. The SMILES string of the molecule is O=C(Nc1ccc(-c2ccccc2)c(C(=O)O)c1)OCc1cc2cc(-c3ccccc3)ccc2o1. The normalized spacial score (nSPS) is 10.7. The van der Waals surface area contributed by atoms with Gasteiger partial charge in [0.05, 0.1) is 5.56 Å². The summed E-state index contributed by atoms with van der Waals surface area (Å²) in [7, 11) is 0. The maximum Gasteiger partial charge on any atom is 0.412 e. The average molecular weight is 463 g/mol. The molecule has 6 heteroatoms. The summed E-state index contributed by atoms with van der Waals surface area (Å²) in [5.74, 6) is -0.580. The van der Waals surface area contributed by atoms with Crippen molar-refractivity contribution in [2.24, 2.45) is 0 Å². The summed E-state index contributed by atoms with van der Waals surface area (Å²) >= 11 is 0. The highest BCUT2D eigenvalue weighted by Gasteiger charge is 2.15. The van der Waals surface area contributed by atoms with Gasteiger partial charge >= 0.3 is 12.1 Å². The molecular weight excluding hydrogens is 442 g/mol. The number of hydrogen-bond donors (Lipinski definition) is 2. The molecule has 1 heterocycles. The van der Waals surface area contributed by atoms with E-state index in [4.69, 9.17) is 9.15 Å². The van der Waals surface area contributed by atoms with Gasteiger partial charge in [0.15, 0.2) is 6.61 Å². The van der Waals surface area contributed by atoms with E-state index in [9.17, 15) is 14.7 Å². The summed E-state index contributed by atoms with van der Waals surface area (Å²) in [5.41, 5.74) is 4.62. The molecule has 5 aromatic rings. The fourth-order valence-electron chi connectivity index (χ4n) is 3.94. The molecule has 0 bridgehead atoms. The number of carbonyl (C=O) groups is 2. The number of nitrogens with one attached hydrogen (secondary N) is 1. The van der Waals surface area contributed by atoms with E-state index in [1.54, 1.807) is 12.1 Å². The van der Waals surface area contributed by atoms with Crippen LogP contribution in [0.4, 0.5) is 10.5 Å². The van der Waals surface area contributed by atoms with E-state index in [0.29, 0.717) is 22.6 Å². The largest absolute Gasteiger partial charge is 0.478 e. The van der Waals surface area contributed by atoms with Gasteiger partial charge in [-0.1, -0.05) is 72.8 Å². The number of rotatable bonds is 6. The van der Waals surface area contributed by atoms with Gasteiger partial charge in [0.1, 0.15) is 11.3 Å². The number of benzene rings is 4. The van der Waals surface area contributed by atoms with Crippen LogP contribution in [-0.2, 0) is 11.3 Å². The predicted octanol–water partition coefficient (Wildman–Crippen LogP) is 7.21. The lowest BCUT2D eigenvalue weighted by Gasteiger charge is -2.10. The van der Waals surface area contributed by atoms with Crippen LogP contribution >= 0.6 is 0 Å². The maximum absolute atomic E-state index is 12.4. The number of amides is 1. The van der Waals surface area contributed by atoms with E-state index in [0.717, 1.165) is 22.1 Å². The highest BCUT2D eigenvalue weighted by atomic mass is 16.6. The lowest BCUT2D eigenvalue weighted by atomic mass is 9.99. The maximum atomic E-state index is 12.4. The zero-order valence-corrected chi connectivity index (χ0v) is 18.6. The summed E-state index contributed by atoms with van der Waals surface area (Å²) in [6.07, 6.45) is -0.709. The van der Waals surface area contributed by atoms with Crippen LogP contribution in [0.3, 0.4) is 0 Å². The Morgan fingerprint density at radius 2 is 1.49 bits per heavy atom. The molecule has 5 rings (SSSR count). The molecule has 4 aromatic carbocycles. The summed E-state index contributed by atoms with van der Waals surface area (Å²) in [4.78, 5) is 24.1. The topological polar surface area (TPSA) is 88.8 Å². The lowest BCUT2D eigenvalue weighted by Crippen LogP contribution is -2.14. The monoisotopic (exact) mass is 463 g/mol. The molecule has 2 N–H and O–H groups in total. The van der Waals surface area contributed by atoms with Crippen molar-refractivity contribution in [3.8, 4) is 22.3 Å². The Morgan fingerprint density at radius 1 is 0.771 bits per heavy atom. The molecule has 172 valence electrons. The quantitative estimate of drug-likeness (QED) is 0.278. The molecule has 1 aromatic heterocycles. The molecule has 0 aliphatic carbocycles. The first-order chi connectivity index (χ1) is 17.1. The van der Waals surface area contributed by atoms with Crippen molar-refractivity contribution in [3.05, 3.63) is 114 Å². The zero-order valence-electron chi connectivity index (χ0n) is 18.6. The van der Waals surface area contributed by atoms with E-state index in [-0.39, 0.29) is 12.2 Å². The molecular formula is C29H21NO5. The van der Waals surface area contributed by atoms with Crippen molar-refractivity contribution in [2.75, 3.05) is 5.32 Å². The molecule has 35 heavy (non-hydrogen) atoms. The number of anilines is 1. The molecule has 0 saturated carbocycles. The lowest BCUT2D eigenvalue weighted by molar-refractivity contribution is 0.0697. The summed E-state index contributed by atoms with van der Waals surface area (Å²) < 4.78 is 11.1. The first-order valence-electron chi connectivity index (χ1n) is 11.0. The number of hydrogen-bond acceptors (Lipinski definition) is 4. The van der Waals surface area contributed by atoms with Crippen molar-refractivity contribution in [3.63, 3.8) is 0 Å². The second-order valence-corrected chi connectivity index (χ2v) is 7.96. The minimum absolute atomic E-state index is 0.0604. The average Bonchev–Trinajstić information content (AvgIpc) is 3.31. The van der Waals surface area contributed by atoms with Crippen LogP contribution in [0.2, 0.25) is 0 Å². The van der Waals surface area contributed by atoms with Crippen LogP contribution in [0.1, 0.15) is 16.1 Å². The van der Waals surface area contributed by atoms with E-state index < -0.39 is 12.1 Å². The van der Waals surface area contributed by atoms with Gasteiger partial charge in [-0.15, -0.1) is 0 Å². The third kappa shape index (κ3) is 4.91. The van der Waals surface area contributed by atoms with Gasteiger partial charge in [-0.05, 0) is 52.6 Å². The number of ether oxygens (including phenoxy) is 1. The van der Waals surface area contributed by atoms with E-state index in [1.807, 2.05) is 84.9 Å². The Labute approximate surface area is 201 Å². The van der Waals surface area contributed by atoms with Gasteiger partial charge in [0.25, 0.3) is 0 Å². The van der Waals surface area contributed by atoms with Crippen molar-refractivity contribution < 1.29 is 23.8 Å². The highest BCUT2D eigenvalue weighted by molar-refractivity contribution is 5.98. The Bertz CT molecular complexity index is 1510.